The molecule has 0 amide bonds. The molecule has 3 aromatic heterocycles. The van der Waals surface area contributed by atoms with Crippen molar-refractivity contribution in [2.45, 2.75) is 19.8 Å². The molecule has 20 heavy (non-hydrogen) atoms. The monoisotopic (exact) mass is 397 g/mol. The van der Waals surface area contributed by atoms with Crippen molar-refractivity contribution >= 4 is 44.1 Å². The van der Waals surface area contributed by atoms with E-state index in [0.717, 1.165) is 21.5 Å². The van der Waals surface area contributed by atoms with E-state index in [0.29, 0.717) is 9.39 Å². The standard InChI is InChI=1S/C14H12IN3OS/c1-7(2)12-11(15)14(19)18-13(17-12)8-5-10-9(16-6-8)3-4-20-10/h3-7H,1-2H3,(H,17,18,19). The summed E-state index contributed by atoms with van der Waals surface area (Å²) >= 11 is 3.68. The summed E-state index contributed by atoms with van der Waals surface area (Å²) in [7, 11) is 0. The number of fused-ring (bicyclic) bond motifs is 1. The second-order valence-electron chi connectivity index (χ2n) is 4.80. The van der Waals surface area contributed by atoms with Crippen molar-refractivity contribution in [2.75, 3.05) is 0 Å². The highest BCUT2D eigenvalue weighted by molar-refractivity contribution is 14.1. The second kappa shape index (κ2) is 5.25. The summed E-state index contributed by atoms with van der Waals surface area (Å²) in [6.45, 7) is 4.07. The van der Waals surface area contributed by atoms with E-state index < -0.39 is 0 Å². The largest absolute Gasteiger partial charge is 0.306 e. The molecule has 0 radical (unpaired) electrons. The number of pyridine rings is 1. The summed E-state index contributed by atoms with van der Waals surface area (Å²) in [4.78, 5) is 23.9. The number of hydrogen-bond acceptors (Lipinski definition) is 4. The van der Waals surface area contributed by atoms with E-state index in [4.69, 9.17) is 0 Å². The highest BCUT2D eigenvalue weighted by Gasteiger charge is 2.13. The molecule has 0 unspecified atom stereocenters. The lowest BCUT2D eigenvalue weighted by Gasteiger charge is -2.09. The van der Waals surface area contributed by atoms with Gasteiger partial charge in [-0.1, -0.05) is 13.8 Å². The van der Waals surface area contributed by atoms with Crippen LogP contribution < -0.4 is 5.56 Å². The molecule has 0 fully saturated rings. The molecule has 3 aromatic rings. The Balaban J connectivity index is 2.20. The first-order valence-corrected chi connectivity index (χ1v) is 8.15. The van der Waals surface area contributed by atoms with Crippen LogP contribution in [-0.4, -0.2) is 15.0 Å². The zero-order valence-electron chi connectivity index (χ0n) is 11.0. The van der Waals surface area contributed by atoms with E-state index in [1.165, 1.54) is 0 Å². The SMILES string of the molecule is CC(C)c1nc(-c2cnc3ccsc3c2)[nH]c(=O)c1I. The van der Waals surface area contributed by atoms with E-state index in [1.807, 2.05) is 54.0 Å². The fourth-order valence-electron chi connectivity index (χ4n) is 1.97. The summed E-state index contributed by atoms with van der Waals surface area (Å²) in [6.07, 6.45) is 1.75. The van der Waals surface area contributed by atoms with Gasteiger partial charge in [-0.05, 0) is 46.0 Å². The molecule has 6 heteroatoms. The lowest BCUT2D eigenvalue weighted by Crippen LogP contribution is -2.17. The molecule has 0 aliphatic rings. The molecule has 0 aromatic carbocycles. The van der Waals surface area contributed by atoms with E-state index in [-0.39, 0.29) is 11.5 Å². The number of H-pyrrole nitrogens is 1. The molecular formula is C14H12IN3OS. The molecule has 1 N–H and O–H groups in total. The predicted molar refractivity (Wildman–Crippen MR) is 90.3 cm³/mol. The second-order valence-corrected chi connectivity index (χ2v) is 6.82. The number of aromatic nitrogens is 3. The first kappa shape index (κ1) is 13.7. The predicted octanol–water partition coefficient (Wildman–Crippen LogP) is 3.77. The molecule has 0 spiro atoms. The Labute approximate surface area is 133 Å². The van der Waals surface area contributed by atoms with Gasteiger partial charge in [-0.2, -0.15) is 0 Å². The van der Waals surface area contributed by atoms with Crippen LogP contribution in [0.1, 0.15) is 25.5 Å². The van der Waals surface area contributed by atoms with Crippen LogP contribution in [0.5, 0.6) is 0 Å². The van der Waals surface area contributed by atoms with Gasteiger partial charge >= 0.3 is 0 Å². The molecule has 0 saturated carbocycles. The number of thiophene rings is 1. The minimum Gasteiger partial charge on any atom is -0.306 e. The Hall–Kier alpha value is -1.28. The van der Waals surface area contributed by atoms with Gasteiger partial charge in [-0.15, -0.1) is 11.3 Å². The van der Waals surface area contributed by atoms with Gasteiger partial charge in [-0.25, -0.2) is 4.98 Å². The zero-order chi connectivity index (χ0) is 14.3. The van der Waals surface area contributed by atoms with Gasteiger partial charge in [0, 0.05) is 11.8 Å². The van der Waals surface area contributed by atoms with Gasteiger partial charge in [-0.3, -0.25) is 9.78 Å². The molecule has 0 saturated heterocycles. The van der Waals surface area contributed by atoms with Crippen LogP contribution in [0.4, 0.5) is 0 Å². The number of halogens is 1. The van der Waals surface area contributed by atoms with E-state index >= 15 is 0 Å². The smallest absolute Gasteiger partial charge is 0.264 e. The molecule has 0 aliphatic heterocycles. The summed E-state index contributed by atoms with van der Waals surface area (Å²) in [5.41, 5.74) is 2.55. The minimum atomic E-state index is -0.0921. The normalized spacial score (nSPS) is 11.4. The average Bonchev–Trinajstić information content (AvgIpc) is 2.88. The van der Waals surface area contributed by atoms with Gasteiger partial charge in [0.25, 0.3) is 5.56 Å². The lowest BCUT2D eigenvalue weighted by atomic mass is 10.1. The average molecular weight is 397 g/mol. The van der Waals surface area contributed by atoms with Crippen LogP contribution in [0, 0.1) is 3.57 Å². The number of aromatic amines is 1. The Bertz CT molecular complexity index is 838. The van der Waals surface area contributed by atoms with Gasteiger partial charge in [0.15, 0.2) is 0 Å². The third-order valence-electron chi connectivity index (χ3n) is 3.01. The maximum absolute atomic E-state index is 12.0. The molecular weight excluding hydrogens is 385 g/mol. The number of nitrogens with zero attached hydrogens (tertiary/aromatic N) is 2. The van der Waals surface area contributed by atoms with Crippen LogP contribution in [0.25, 0.3) is 21.6 Å². The highest BCUT2D eigenvalue weighted by atomic mass is 127. The fourth-order valence-corrected chi connectivity index (χ4v) is 3.63. The van der Waals surface area contributed by atoms with Crippen LogP contribution >= 0.6 is 33.9 Å². The van der Waals surface area contributed by atoms with Gasteiger partial charge in [0.1, 0.15) is 5.82 Å². The topological polar surface area (TPSA) is 58.6 Å². The van der Waals surface area contributed by atoms with E-state index in [9.17, 15) is 4.79 Å². The fraction of sp³-hybridized carbons (Fsp3) is 0.214. The third-order valence-corrected chi connectivity index (χ3v) is 4.91. The third kappa shape index (κ3) is 2.37. The molecule has 3 heterocycles. The first-order chi connectivity index (χ1) is 9.56. The molecule has 0 bridgehead atoms. The van der Waals surface area contributed by atoms with E-state index in [2.05, 4.69) is 15.0 Å². The van der Waals surface area contributed by atoms with Crippen LogP contribution in [-0.2, 0) is 0 Å². The lowest BCUT2D eigenvalue weighted by molar-refractivity contribution is 0.802. The maximum Gasteiger partial charge on any atom is 0.264 e. The number of nitrogens with one attached hydrogen (secondary N) is 1. The quantitative estimate of drug-likeness (QED) is 0.670. The van der Waals surface area contributed by atoms with Crippen molar-refractivity contribution in [3.05, 3.63) is 43.3 Å². The van der Waals surface area contributed by atoms with Gasteiger partial charge in [0.2, 0.25) is 0 Å². The van der Waals surface area contributed by atoms with Crippen molar-refractivity contribution in [3.8, 4) is 11.4 Å². The molecule has 0 aliphatic carbocycles. The van der Waals surface area contributed by atoms with Crippen molar-refractivity contribution in [1.82, 2.24) is 15.0 Å². The molecule has 4 nitrogen and oxygen atoms in total. The Kier molecular flexibility index (Phi) is 3.59. The Morgan fingerprint density at radius 3 is 2.95 bits per heavy atom. The van der Waals surface area contributed by atoms with Crippen LogP contribution in [0.2, 0.25) is 0 Å². The first-order valence-electron chi connectivity index (χ1n) is 6.19. The summed E-state index contributed by atoms with van der Waals surface area (Å²) in [6, 6.07) is 4.00. The van der Waals surface area contributed by atoms with Crippen LogP contribution in [0.3, 0.4) is 0 Å². The summed E-state index contributed by atoms with van der Waals surface area (Å²) < 4.78 is 1.75. The Morgan fingerprint density at radius 1 is 1.40 bits per heavy atom. The van der Waals surface area contributed by atoms with Crippen molar-refractivity contribution in [1.29, 1.82) is 0 Å². The van der Waals surface area contributed by atoms with Crippen molar-refractivity contribution in [3.63, 3.8) is 0 Å². The molecule has 3 rings (SSSR count). The zero-order valence-corrected chi connectivity index (χ0v) is 13.9. The number of rotatable bonds is 2. The highest BCUT2D eigenvalue weighted by Crippen LogP contribution is 2.25. The molecule has 102 valence electrons. The van der Waals surface area contributed by atoms with Crippen molar-refractivity contribution < 1.29 is 0 Å². The van der Waals surface area contributed by atoms with E-state index in [1.54, 1.807) is 17.5 Å². The minimum absolute atomic E-state index is 0.0921. The summed E-state index contributed by atoms with van der Waals surface area (Å²) in [5, 5.41) is 2.01. The van der Waals surface area contributed by atoms with Gasteiger partial charge < -0.3 is 4.98 Å². The van der Waals surface area contributed by atoms with Gasteiger partial charge in [0.05, 0.1) is 19.5 Å². The maximum atomic E-state index is 12.0. The van der Waals surface area contributed by atoms with Crippen LogP contribution in [0.15, 0.2) is 28.5 Å². The summed E-state index contributed by atoms with van der Waals surface area (Å²) in [5.74, 6) is 0.795. The molecule has 0 atom stereocenters. The Morgan fingerprint density at radius 2 is 2.20 bits per heavy atom. The van der Waals surface area contributed by atoms with Crippen molar-refractivity contribution in [2.24, 2.45) is 0 Å². The number of hydrogen-bond donors (Lipinski definition) is 1.